The molecule has 0 heterocycles. The summed E-state index contributed by atoms with van der Waals surface area (Å²) in [6, 6.07) is -0.583. The Kier molecular flexibility index (Phi) is 5.87. The van der Waals surface area contributed by atoms with Crippen molar-refractivity contribution in [1.82, 2.24) is 5.32 Å². The van der Waals surface area contributed by atoms with E-state index in [1.54, 1.807) is 0 Å². The molecule has 5 nitrogen and oxygen atoms in total. The van der Waals surface area contributed by atoms with Crippen molar-refractivity contribution in [2.75, 3.05) is 6.54 Å². The van der Waals surface area contributed by atoms with E-state index in [0.29, 0.717) is 19.4 Å². The first-order valence-electron chi connectivity index (χ1n) is 4.77. The number of hydrogen-bond acceptors (Lipinski definition) is 3. The second-order valence-electron chi connectivity index (χ2n) is 3.58. The third-order valence-electron chi connectivity index (χ3n) is 1.90. The van der Waals surface area contributed by atoms with E-state index in [0.717, 1.165) is 0 Å². The SMILES string of the molecule is CC(C)C(NC(=O)CCCN)C(N)=O. The molecule has 14 heavy (non-hydrogen) atoms. The van der Waals surface area contributed by atoms with Crippen LogP contribution in [0.3, 0.4) is 0 Å². The van der Waals surface area contributed by atoms with E-state index in [-0.39, 0.29) is 11.8 Å². The van der Waals surface area contributed by atoms with Gasteiger partial charge >= 0.3 is 0 Å². The summed E-state index contributed by atoms with van der Waals surface area (Å²) in [5.41, 5.74) is 10.4. The van der Waals surface area contributed by atoms with Gasteiger partial charge in [0.05, 0.1) is 0 Å². The van der Waals surface area contributed by atoms with Gasteiger partial charge < -0.3 is 16.8 Å². The number of hydrogen-bond donors (Lipinski definition) is 3. The van der Waals surface area contributed by atoms with Crippen LogP contribution < -0.4 is 16.8 Å². The number of carbonyl (C=O) groups excluding carboxylic acids is 2. The fraction of sp³-hybridized carbons (Fsp3) is 0.778. The van der Waals surface area contributed by atoms with Crippen molar-refractivity contribution in [2.45, 2.75) is 32.7 Å². The third kappa shape index (κ3) is 4.81. The lowest BCUT2D eigenvalue weighted by molar-refractivity contribution is -0.128. The van der Waals surface area contributed by atoms with Crippen LogP contribution >= 0.6 is 0 Å². The molecular weight excluding hydrogens is 182 g/mol. The molecular formula is C9H19N3O2. The van der Waals surface area contributed by atoms with E-state index in [4.69, 9.17) is 11.5 Å². The van der Waals surface area contributed by atoms with Crippen molar-refractivity contribution in [3.8, 4) is 0 Å². The van der Waals surface area contributed by atoms with Crippen molar-refractivity contribution in [2.24, 2.45) is 17.4 Å². The van der Waals surface area contributed by atoms with Crippen LogP contribution in [0.15, 0.2) is 0 Å². The van der Waals surface area contributed by atoms with Crippen molar-refractivity contribution in [1.29, 1.82) is 0 Å². The van der Waals surface area contributed by atoms with Crippen molar-refractivity contribution >= 4 is 11.8 Å². The zero-order valence-electron chi connectivity index (χ0n) is 8.75. The van der Waals surface area contributed by atoms with E-state index in [2.05, 4.69) is 5.32 Å². The molecule has 0 aromatic rings. The lowest BCUT2D eigenvalue weighted by atomic mass is 10.0. The molecule has 0 fully saturated rings. The van der Waals surface area contributed by atoms with Gasteiger partial charge in [-0.3, -0.25) is 9.59 Å². The predicted molar refractivity (Wildman–Crippen MR) is 54.3 cm³/mol. The van der Waals surface area contributed by atoms with Gasteiger partial charge in [0.25, 0.3) is 0 Å². The molecule has 0 saturated carbocycles. The van der Waals surface area contributed by atoms with E-state index in [1.165, 1.54) is 0 Å². The lowest BCUT2D eigenvalue weighted by Gasteiger charge is -2.18. The first-order valence-corrected chi connectivity index (χ1v) is 4.77. The average Bonchev–Trinajstić information content (AvgIpc) is 2.09. The predicted octanol–water partition coefficient (Wildman–Crippen LogP) is -0.649. The summed E-state index contributed by atoms with van der Waals surface area (Å²) < 4.78 is 0. The molecule has 5 N–H and O–H groups in total. The highest BCUT2D eigenvalue weighted by atomic mass is 16.2. The van der Waals surface area contributed by atoms with Gasteiger partial charge in [0.15, 0.2) is 0 Å². The van der Waals surface area contributed by atoms with Crippen LogP contribution in [0.25, 0.3) is 0 Å². The van der Waals surface area contributed by atoms with E-state index >= 15 is 0 Å². The van der Waals surface area contributed by atoms with E-state index < -0.39 is 11.9 Å². The molecule has 0 saturated heterocycles. The van der Waals surface area contributed by atoms with Crippen LogP contribution in [-0.4, -0.2) is 24.4 Å². The molecule has 0 aromatic carbocycles. The second-order valence-corrected chi connectivity index (χ2v) is 3.58. The van der Waals surface area contributed by atoms with Crippen LogP contribution in [0, 0.1) is 5.92 Å². The Morgan fingerprint density at radius 3 is 2.29 bits per heavy atom. The normalized spacial score (nSPS) is 12.6. The maximum Gasteiger partial charge on any atom is 0.240 e. The maximum atomic E-state index is 11.2. The summed E-state index contributed by atoms with van der Waals surface area (Å²) in [6.07, 6.45) is 0.961. The Labute approximate surface area is 84.2 Å². The topological polar surface area (TPSA) is 98.2 Å². The number of nitrogens with one attached hydrogen (secondary N) is 1. The molecule has 1 atom stereocenters. The van der Waals surface area contributed by atoms with Gasteiger partial charge in [-0.2, -0.15) is 0 Å². The van der Waals surface area contributed by atoms with Crippen molar-refractivity contribution in [3.05, 3.63) is 0 Å². The number of rotatable bonds is 6. The second kappa shape index (κ2) is 6.37. The molecule has 0 radical (unpaired) electrons. The standard InChI is InChI=1S/C9H19N3O2/c1-6(2)8(9(11)14)12-7(13)4-3-5-10/h6,8H,3-5,10H2,1-2H3,(H2,11,14)(H,12,13). The van der Waals surface area contributed by atoms with E-state index in [1.807, 2.05) is 13.8 Å². The number of amides is 2. The zero-order chi connectivity index (χ0) is 11.1. The Hall–Kier alpha value is -1.10. The molecule has 0 bridgehead atoms. The van der Waals surface area contributed by atoms with Crippen LogP contribution in [-0.2, 0) is 9.59 Å². The summed E-state index contributed by atoms with van der Waals surface area (Å²) in [7, 11) is 0. The lowest BCUT2D eigenvalue weighted by Crippen LogP contribution is -2.47. The smallest absolute Gasteiger partial charge is 0.240 e. The maximum absolute atomic E-state index is 11.2. The van der Waals surface area contributed by atoms with Crippen LogP contribution in [0.1, 0.15) is 26.7 Å². The highest BCUT2D eigenvalue weighted by molar-refractivity contribution is 5.86. The Morgan fingerprint density at radius 1 is 1.36 bits per heavy atom. The minimum Gasteiger partial charge on any atom is -0.368 e. The molecule has 0 spiro atoms. The molecule has 82 valence electrons. The van der Waals surface area contributed by atoms with Gasteiger partial charge in [-0.1, -0.05) is 13.8 Å². The average molecular weight is 201 g/mol. The largest absolute Gasteiger partial charge is 0.368 e. The van der Waals surface area contributed by atoms with Crippen molar-refractivity contribution < 1.29 is 9.59 Å². The third-order valence-corrected chi connectivity index (χ3v) is 1.90. The molecule has 0 aromatic heterocycles. The monoisotopic (exact) mass is 201 g/mol. The van der Waals surface area contributed by atoms with Gasteiger partial charge in [0.1, 0.15) is 6.04 Å². The van der Waals surface area contributed by atoms with Crippen LogP contribution in [0.5, 0.6) is 0 Å². The molecule has 0 aliphatic heterocycles. The molecule has 2 amide bonds. The van der Waals surface area contributed by atoms with Crippen LogP contribution in [0.4, 0.5) is 0 Å². The fourth-order valence-corrected chi connectivity index (χ4v) is 1.07. The van der Waals surface area contributed by atoms with Crippen molar-refractivity contribution in [3.63, 3.8) is 0 Å². The van der Waals surface area contributed by atoms with Gasteiger partial charge in [-0.15, -0.1) is 0 Å². The van der Waals surface area contributed by atoms with Gasteiger partial charge in [0, 0.05) is 6.42 Å². The highest BCUT2D eigenvalue weighted by Gasteiger charge is 2.20. The number of nitrogens with two attached hydrogens (primary N) is 2. The fourth-order valence-electron chi connectivity index (χ4n) is 1.07. The summed E-state index contributed by atoms with van der Waals surface area (Å²) in [5, 5.41) is 2.58. The van der Waals surface area contributed by atoms with Gasteiger partial charge in [-0.05, 0) is 18.9 Å². The van der Waals surface area contributed by atoms with Gasteiger partial charge in [-0.25, -0.2) is 0 Å². The summed E-state index contributed by atoms with van der Waals surface area (Å²) in [5.74, 6) is -0.664. The summed E-state index contributed by atoms with van der Waals surface area (Å²) >= 11 is 0. The van der Waals surface area contributed by atoms with Gasteiger partial charge in [0.2, 0.25) is 11.8 Å². The highest BCUT2D eigenvalue weighted by Crippen LogP contribution is 2.01. The molecule has 0 rings (SSSR count). The first kappa shape index (κ1) is 12.9. The molecule has 1 unspecified atom stereocenters. The molecule has 0 aliphatic rings. The zero-order valence-corrected chi connectivity index (χ0v) is 8.75. The Balaban J connectivity index is 4.04. The summed E-state index contributed by atoms with van der Waals surface area (Å²) in [6.45, 7) is 4.13. The first-order chi connectivity index (χ1) is 6.49. The minimum atomic E-state index is -0.583. The Morgan fingerprint density at radius 2 is 1.93 bits per heavy atom. The quantitative estimate of drug-likeness (QED) is 0.532. The number of carbonyl (C=O) groups is 2. The number of primary amides is 1. The summed E-state index contributed by atoms with van der Waals surface area (Å²) in [4.78, 5) is 22.2. The molecule has 5 heteroatoms. The Bertz CT molecular complexity index is 204. The van der Waals surface area contributed by atoms with Crippen LogP contribution in [0.2, 0.25) is 0 Å². The minimum absolute atomic E-state index is 0.00864. The molecule has 0 aliphatic carbocycles. The van der Waals surface area contributed by atoms with E-state index in [9.17, 15) is 9.59 Å².